The van der Waals surface area contributed by atoms with Crippen LogP contribution in [0.4, 0.5) is 0 Å². The minimum atomic E-state index is 0.293. The van der Waals surface area contributed by atoms with Crippen molar-refractivity contribution in [1.82, 2.24) is 0 Å². The lowest BCUT2D eigenvalue weighted by molar-refractivity contribution is 0.0986. The molecule has 1 aromatic rings. The highest BCUT2D eigenvalue weighted by Gasteiger charge is 2.19. The second-order valence-electron chi connectivity index (χ2n) is 4.70. The van der Waals surface area contributed by atoms with Crippen LogP contribution in [-0.4, -0.2) is 5.78 Å². The van der Waals surface area contributed by atoms with E-state index < -0.39 is 0 Å². The zero-order chi connectivity index (χ0) is 11.4. The molecule has 1 aliphatic carbocycles. The highest BCUT2D eigenvalue weighted by atomic mass is 16.1. The third-order valence-electron chi connectivity index (χ3n) is 3.63. The van der Waals surface area contributed by atoms with Crippen molar-refractivity contribution in [3.05, 3.63) is 35.4 Å². The molecule has 1 nitrogen and oxygen atoms in total. The summed E-state index contributed by atoms with van der Waals surface area (Å²) in [6, 6.07) is 8.19. The quantitative estimate of drug-likeness (QED) is 0.687. The Morgan fingerprint density at radius 1 is 1.19 bits per heavy atom. The number of Topliss-reactive ketones (excluding diaryl/α,β-unsaturated/α-hetero) is 1. The minimum Gasteiger partial charge on any atom is -0.294 e. The number of benzene rings is 1. The van der Waals surface area contributed by atoms with Crippen LogP contribution < -0.4 is 0 Å². The summed E-state index contributed by atoms with van der Waals surface area (Å²) in [5, 5.41) is 0. The maximum Gasteiger partial charge on any atom is 0.162 e. The van der Waals surface area contributed by atoms with Crippen LogP contribution in [0.3, 0.4) is 0 Å². The fourth-order valence-corrected chi connectivity index (χ4v) is 2.71. The van der Waals surface area contributed by atoms with Gasteiger partial charge in [0, 0.05) is 12.0 Å². The molecule has 0 aliphatic heterocycles. The van der Waals surface area contributed by atoms with E-state index in [1.165, 1.54) is 37.7 Å². The number of hydrogen-bond donors (Lipinski definition) is 0. The predicted octanol–water partition coefficient (Wildman–Crippen LogP) is 4.33. The highest BCUT2D eigenvalue weighted by Crippen LogP contribution is 2.34. The van der Waals surface area contributed by atoms with E-state index >= 15 is 0 Å². The Balaban J connectivity index is 2.28. The molecule has 1 heteroatoms. The summed E-state index contributed by atoms with van der Waals surface area (Å²) in [5.41, 5.74) is 2.27. The van der Waals surface area contributed by atoms with Gasteiger partial charge in [-0.3, -0.25) is 4.79 Å². The molecule has 0 aromatic heterocycles. The van der Waals surface area contributed by atoms with Crippen LogP contribution in [0.15, 0.2) is 24.3 Å². The van der Waals surface area contributed by atoms with Crippen LogP contribution in [0.25, 0.3) is 0 Å². The summed E-state index contributed by atoms with van der Waals surface area (Å²) in [7, 11) is 0. The van der Waals surface area contributed by atoms with Gasteiger partial charge < -0.3 is 0 Å². The van der Waals surface area contributed by atoms with Crippen molar-refractivity contribution >= 4 is 5.78 Å². The molecule has 0 bridgehead atoms. The molecule has 1 aliphatic rings. The number of carbonyl (C=O) groups is 1. The molecule has 1 aromatic carbocycles. The average molecular weight is 216 g/mol. The summed E-state index contributed by atoms with van der Waals surface area (Å²) < 4.78 is 0. The van der Waals surface area contributed by atoms with Gasteiger partial charge in [0.05, 0.1) is 0 Å². The molecule has 0 heterocycles. The molecule has 0 amide bonds. The van der Waals surface area contributed by atoms with Gasteiger partial charge >= 0.3 is 0 Å². The van der Waals surface area contributed by atoms with Crippen molar-refractivity contribution in [2.75, 3.05) is 0 Å². The Bertz CT molecular complexity index is 361. The van der Waals surface area contributed by atoms with E-state index in [9.17, 15) is 4.79 Å². The first-order valence-corrected chi connectivity index (χ1v) is 6.45. The summed E-state index contributed by atoms with van der Waals surface area (Å²) in [6.07, 6.45) is 7.13. The fourth-order valence-electron chi connectivity index (χ4n) is 2.71. The Hall–Kier alpha value is -1.11. The average Bonchev–Trinajstić information content (AvgIpc) is 2.39. The van der Waals surface area contributed by atoms with Crippen molar-refractivity contribution in [3.8, 4) is 0 Å². The van der Waals surface area contributed by atoms with E-state index in [1.807, 2.05) is 19.1 Å². The lowest BCUT2D eigenvalue weighted by atomic mass is 9.81. The third-order valence-corrected chi connectivity index (χ3v) is 3.63. The first-order valence-electron chi connectivity index (χ1n) is 6.45. The normalized spacial score (nSPS) is 17.3. The third kappa shape index (κ3) is 2.34. The summed E-state index contributed by atoms with van der Waals surface area (Å²) >= 11 is 0. The molecule has 1 fully saturated rings. The lowest BCUT2D eigenvalue weighted by Crippen LogP contribution is -2.10. The van der Waals surface area contributed by atoms with Crippen molar-refractivity contribution < 1.29 is 4.79 Å². The van der Waals surface area contributed by atoms with Crippen LogP contribution in [0.2, 0.25) is 0 Å². The van der Waals surface area contributed by atoms with E-state index in [2.05, 4.69) is 12.1 Å². The van der Waals surface area contributed by atoms with Crippen LogP contribution in [0.1, 0.15) is 67.3 Å². The van der Waals surface area contributed by atoms with Crippen LogP contribution >= 0.6 is 0 Å². The standard InChI is InChI=1S/C15H20O/c1-2-15(16)14-11-7-6-10-13(14)12-8-4-3-5-9-12/h6-7,10-12H,2-5,8-9H2,1H3. The molecule has 0 spiro atoms. The molecular formula is C15H20O. The maximum absolute atomic E-state index is 11.9. The van der Waals surface area contributed by atoms with Gasteiger partial charge in [-0.05, 0) is 24.3 Å². The molecule has 0 saturated heterocycles. The molecule has 86 valence electrons. The minimum absolute atomic E-state index is 0.293. The Labute approximate surface area is 97.9 Å². The van der Waals surface area contributed by atoms with Gasteiger partial charge in [0.15, 0.2) is 5.78 Å². The van der Waals surface area contributed by atoms with Crippen molar-refractivity contribution in [1.29, 1.82) is 0 Å². The van der Waals surface area contributed by atoms with Crippen molar-refractivity contribution in [2.24, 2.45) is 0 Å². The summed E-state index contributed by atoms with van der Waals surface area (Å²) in [5.74, 6) is 0.918. The zero-order valence-corrected chi connectivity index (χ0v) is 10.0. The Kier molecular flexibility index (Phi) is 3.76. The SMILES string of the molecule is CCC(=O)c1ccccc1C1CCCCC1. The van der Waals surface area contributed by atoms with Gasteiger partial charge in [-0.1, -0.05) is 50.5 Å². The van der Waals surface area contributed by atoms with Gasteiger partial charge in [0.25, 0.3) is 0 Å². The molecule has 0 N–H and O–H groups in total. The molecule has 0 radical (unpaired) electrons. The second-order valence-corrected chi connectivity index (χ2v) is 4.70. The number of rotatable bonds is 3. The zero-order valence-electron chi connectivity index (χ0n) is 10.0. The van der Waals surface area contributed by atoms with E-state index in [1.54, 1.807) is 0 Å². The molecule has 0 atom stereocenters. The van der Waals surface area contributed by atoms with Crippen LogP contribution in [0, 0.1) is 0 Å². The monoisotopic (exact) mass is 216 g/mol. The Morgan fingerprint density at radius 2 is 1.88 bits per heavy atom. The van der Waals surface area contributed by atoms with E-state index in [0.29, 0.717) is 18.1 Å². The molecule has 1 saturated carbocycles. The van der Waals surface area contributed by atoms with E-state index in [-0.39, 0.29) is 0 Å². The van der Waals surface area contributed by atoms with E-state index in [0.717, 1.165) is 5.56 Å². The molecule has 16 heavy (non-hydrogen) atoms. The largest absolute Gasteiger partial charge is 0.294 e. The molecule has 2 rings (SSSR count). The first-order chi connectivity index (χ1) is 7.83. The van der Waals surface area contributed by atoms with Crippen LogP contribution in [-0.2, 0) is 0 Å². The van der Waals surface area contributed by atoms with Gasteiger partial charge in [0.1, 0.15) is 0 Å². The second kappa shape index (κ2) is 5.29. The van der Waals surface area contributed by atoms with Gasteiger partial charge in [-0.25, -0.2) is 0 Å². The lowest BCUT2D eigenvalue weighted by Gasteiger charge is -2.23. The van der Waals surface area contributed by atoms with Crippen molar-refractivity contribution in [2.45, 2.75) is 51.4 Å². The molecule has 0 unspecified atom stereocenters. The van der Waals surface area contributed by atoms with Gasteiger partial charge in [0.2, 0.25) is 0 Å². The van der Waals surface area contributed by atoms with E-state index in [4.69, 9.17) is 0 Å². The summed E-state index contributed by atoms with van der Waals surface area (Å²) in [4.78, 5) is 11.9. The van der Waals surface area contributed by atoms with Gasteiger partial charge in [-0.2, -0.15) is 0 Å². The summed E-state index contributed by atoms with van der Waals surface area (Å²) in [6.45, 7) is 1.94. The number of hydrogen-bond acceptors (Lipinski definition) is 1. The van der Waals surface area contributed by atoms with Crippen molar-refractivity contribution in [3.63, 3.8) is 0 Å². The smallest absolute Gasteiger partial charge is 0.162 e. The Morgan fingerprint density at radius 3 is 2.56 bits per heavy atom. The number of ketones is 1. The number of carbonyl (C=O) groups excluding carboxylic acids is 1. The van der Waals surface area contributed by atoms with Gasteiger partial charge in [-0.15, -0.1) is 0 Å². The topological polar surface area (TPSA) is 17.1 Å². The first kappa shape index (κ1) is 11.4. The molecular weight excluding hydrogens is 196 g/mol. The highest BCUT2D eigenvalue weighted by molar-refractivity contribution is 5.97. The fraction of sp³-hybridized carbons (Fsp3) is 0.533. The van der Waals surface area contributed by atoms with Crippen LogP contribution in [0.5, 0.6) is 0 Å². The predicted molar refractivity (Wildman–Crippen MR) is 66.9 cm³/mol. The maximum atomic E-state index is 11.9.